The maximum absolute atomic E-state index is 11.5. The Bertz CT molecular complexity index is 255. The normalized spacial score (nSPS) is 30.1. The third kappa shape index (κ3) is 4.28. The van der Waals surface area contributed by atoms with Crippen LogP contribution < -0.4 is 5.32 Å². The molecule has 0 amide bonds. The molecule has 0 saturated carbocycles. The second-order valence-electron chi connectivity index (χ2n) is 5.68. The Kier molecular flexibility index (Phi) is 4.95. The van der Waals surface area contributed by atoms with Crippen LogP contribution in [0.25, 0.3) is 0 Å². The first-order valence-corrected chi connectivity index (χ1v) is 6.32. The predicted molar refractivity (Wildman–Crippen MR) is 66.8 cm³/mol. The van der Waals surface area contributed by atoms with Gasteiger partial charge in [-0.25, -0.2) is 0 Å². The van der Waals surface area contributed by atoms with Crippen LogP contribution in [-0.4, -0.2) is 37.9 Å². The number of hydrogen-bond donors (Lipinski definition) is 1. The van der Waals surface area contributed by atoms with Crippen molar-refractivity contribution in [2.45, 2.75) is 58.8 Å². The van der Waals surface area contributed by atoms with Gasteiger partial charge >= 0.3 is 5.97 Å². The molecule has 1 saturated heterocycles. The van der Waals surface area contributed by atoms with Crippen molar-refractivity contribution in [1.29, 1.82) is 0 Å². The van der Waals surface area contributed by atoms with E-state index in [1.807, 2.05) is 13.8 Å². The van der Waals surface area contributed by atoms with Crippen molar-refractivity contribution in [3.63, 3.8) is 0 Å². The summed E-state index contributed by atoms with van der Waals surface area (Å²) in [5, 5.41) is 3.46. The first kappa shape index (κ1) is 14.5. The highest BCUT2D eigenvalue weighted by molar-refractivity contribution is 5.76. The van der Waals surface area contributed by atoms with Gasteiger partial charge in [-0.05, 0) is 40.5 Å². The van der Waals surface area contributed by atoms with E-state index in [1.165, 1.54) is 7.11 Å². The summed E-state index contributed by atoms with van der Waals surface area (Å²) in [7, 11) is 1.43. The molecule has 1 fully saturated rings. The molecule has 0 aromatic heterocycles. The third-order valence-corrected chi connectivity index (χ3v) is 3.27. The lowest BCUT2D eigenvalue weighted by atomic mass is 9.92. The monoisotopic (exact) mass is 243 g/mol. The third-order valence-electron chi connectivity index (χ3n) is 3.27. The Morgan fingerprint density at radius 3 is 2.35 bits per heavy atom. The van der Waals surface area contributed by atoms with Gasteiger partial charge < -0.3 is 14.8 Å². The number of rotatable bonds is 4. The lowest BCUT2D eigenvalue weighted by Gasteiger charge is -2.34. The number of hydrogen-bond acceptors (Lipinski definition) is 4. The van der Waals surface area contributed by atoms with Gasteiger partial charge in [-0.15, -0.1) is 0 Å². The minimum Gasteiger partial charge on any atom is -0.469 e. The average Bonchev–Trinajstić information content (AvgIpc) is 2.24. The van der Waals surface area contributed by atoms with Crippen LogP contribution in [0.1, 0.15) is 40.5 Å². The molecule has 2 unspecified atom stereocenters. The van der Waals surface area contributed by atoms with E-state index in [-0.39, 0.29) is 18.2 Å². The molecule has 0 aliphatic carbocycles. The molecule has 0 radical (unpaired) electrons. The van der Waals surface area contributed by atoms with Gasteiger partial charge in [0.05, 0.1) is 24.7 Å². The van der Waals surface area contributed by atoms with Crippen molar-refractivity contribution < 1.29 is 14.3 Å². The fourth-order valence-corrected chi connectivity index (χ4v) is 2.32. The van der Waals surface area contributed by atoms with Crippen LogP contribution in [0.4, 0.5) is 0 Å². The van der Waals surface area contributed by atoms with E-state index in [1.54, 1.807) is 0 Å². The summed E-state index contributed by atoms with van der Waals surface area (Å²) in [5.74, 6) is -0.168. The van der Waals surface area contributed by atoms with Crippen molar-refractivity contribution in [2.24, 2.45) is 5.41 Å². The van der Waals surface area contributed by atoms with Crippen LogP contribution >= 0.6 is 0 Å². The van der Waals surface area contributed by atoms with Crippen LogP contribution in [0, 0.1) is 5.41 Å². The molecule has 0 aromatic carbocycles. The van der Waals surface area contributed by atoms with Gasteiger partial charge in [0.25, 0.3) is 0 Å². The fourth-order valence-electron chi connectivity index (χ4n) is 2.32. The first-order valence-electron chi connectivity index (χ1n) is 6.32. The molecule has 4 nitrogen and oxygen atoms in total. The number of esters is 1. The molecule has 1 aliphatic heterocycles. The zero-order valence-corrected chi connectivity index (χ0v) is 11.6. The molecule has 0 bridgehead atoms. The van der Waals surface area contributed by atoms with Gasteiger partial charge in [-0.3, -0.25) is 4.79 Å². The second-order valence-corrected chi connectivity index (χ2v) is 5.68. The zero-order chi connectivity index (χ0) is 13.1. The van der Waals surface area contributed by atoms with E-state index >= 15 is 0 Å². The van der Waals surface area contributed by atoms with E-state index in [4.69, 9.17) is 9.47 Å². The molecule has 1 N–H and O–H groups in total. The van der Waals surface area contributed by atoms with E-state index in [0.29, 0.717) is 12.6 Å². The van der Waals surface area contributed by atoms with Gasteiger partial charge in [-0.2, -0.15) is 0 Å². The Hall–Kier alpha value is -0.610. The van der Waals surface area contributed by atoms with Gasteiger partial charge in [-0.1, -0.05) is 0 Å². The molecule has 17 heavy (non-hydrogen) atoms. The van der Waals surface area contributed by atoms with Crippen LogP contribution in [0.5, 0.6) is 0 Å². The number of carbonyl (C=O) groups excluding carboxylic acids is 1. The highest BCUT2D eigenvalue weighted by atomic mass is 16.5. The summed E-state index contributed by atoms with van der Waals surface area (Å²) < 4.78 is 10.5. The van der Waals surface area contributed by atoms with E-state index in [9.17, 15) is 4.79 Å². The Morgan fingerprint density at radius 2 is 1.88 bits per heavy atom. The summed E-state index contributed by atoms with van der Waals surface area (Å²) in [6.07, 6.45) is 2.58. The van der Waals surface area contributed by atoms with E-state index in [0.717, 1.165) is 12.8 Å². The maximum atomic E-state index is 11.5. The highest BCUT2D eigenvalue weighted by Crippen LogP contribution is 2.21. The Balaban J connectivity index is 2.42. The van der Waals surface area contributed by atoms with Gasteiger partial charge in [0.15, 0.2) is 0 Å². The lowest BCUT2D eigenvalue weighted by Crippen LogP contribution is -2.46. The fraction of sp³-hybridized carbons (Fsp3) is 0.923. The van der Waals surface area contributed by atoms with Crippen LogP contribution in [-0.2, 0) is 14.3 Å². The van der Waals surface area contributed by atoms with Crippen LogP contribution in [0.3, 0.4) is 0 Å². The Labute approximate surface area is 104 Å². The van der Waals surface area contributed by atoms with Crippen LogP contribution in [0.2, 0.25) is 0 Å². The molecule has 4 heteroatoms. The maximum Gasteiger partial charge on any atom is 0.312 e. The largest absolute Gasteiger partial charge is 0.469 e. The van der Waals surface area contributed by atoms with Crippen molar-refractivity contribution in [1.82, 2.24) is 5.32 Å². The molecule has 2 atom stereocenters. The smallest absolute Gasteiger partial charge is 0.312 e. The number of methoxy groups -OCH3 is 1. The second kappa shape index (κ2) is 5.83. The number of ether oxygens (including phenoxy) is 2. The highest BCUT2D eigenvalue weighted by Gasteiger charge is 2.31. The SMILES string of the molecule is COC(=O)C(C)(C)CNC1CC(C)OC(C)C1. The average molecular weight is 243 g/mol. The molecule has 1 rings (SSSR count). The van der Waals surface area contributed by atoms with E-state index < -0.39 is 5.41 Å². The van der Waals surface area contributed by atoms with Crippen molar-refractivity contribution >= 4 is 5.97 Å². The zero-order valence-electron chi connectivity index (χ0n) is 11.6. The molecule has 0 spiro atoms. The minimum absolute atomic E-state index is 0.168. The molecular formula is C13H25NO3. The molecule has 0 aromatic rings. The minimum atomic E-state index is -0.473. The summed E-state index contributed by atoms with van der Waals surface area (Å²) in [4.78, 5) is 11.5. The van der Waals surface area contributed by atoms with Gasteiger partial charge in [0, 0.05) is 12.6 Å². The van der Waals surface area contributed by atoms with Crippen molar-refractivity contribution in [2.75, 3.05) is 13.7 Å². The molecule has 100 valence electrons. The molecule has 1 aliphatic rings. The quantitative estimate of drug-likeness (QED) is 0.764. The van der Waals surface area contributed by atoms with Crippen molar-refractivity contribution in [3.8, 4) is 0 Å². The molecular weight excluding hydrogens is 218 g/mol. The molecule has 1 heterocycles. The predicted octanol–water partition coefficient (Wildman–Crippen LogP) is 1.73. The summed E-state index contributed by atoms with van der Waals surface area (Å²) >= 11 is 0. The van der Waals surface area contributed by atoms with Gasteiger partial charge in [0.1, 0.15) is 0 Å². The lowest BCUT2D eigenvalue weighted by molar-refractivity contribution is -0.150. The number of carbonyl (C=O) groups is 1. The summed E-state index contributed by atoms with van der Waals surface area (Å²) in [6.45, 7) is 8.63. The van der Waals surface area contributed by atoms with E-state index in [2.05, 4.69) is 19.2 Å². The summed E-state index contributed by atoms with van der Waals surface area (Å²) in [6, 6.07) is 0.428. The van der Waals surface area contributed by atoms with Gasteiger partial charge in [0.2, 0.25) is 0 Å². The first-order chi connectivity index (χ1) is 7.85. The Morgan fingerprint density at radius 1 is 1.35 bits per heavy atom. The number of nitrogens with one attached hydrogen (secondary N) is 1. The standard InChI is InChI=1S/C13H25NO3/c1-9-6-11(7-10(2)17-9)14-8-13(3,4)12(15)16-5/h9-11,14H,6-8H2,1-5H3. The topological polar surface area (TPSA) is 47.6 Å². The summed E-state index contributed by atoms with van der Waals surface area (Å²) in [5.41, 5.74) is -0.473. The van der Waals surface area contributed by atoms with Crippen LogP contribution in [0.15, 0.2) is 0 Å². The van der Waals surface area contributed by atoms with Crippen molar-refractivity contribution in [3.05, 3.63) is 0 Å².